The Morgan fingerprint density at radius 1 is 1.33 bits per heavy atom. The zero-order valence-corrected chi connectivity index (χ0v) is 9.02. The molecule has 5 nitrogen and oxygen atoms in total. The normalized spacial score (nSPS) is 20.3. The third-order valence-corrected chi connectivity index (χ3v) is 2.49. The lowest BCUT2D eigenvalue weighted by molar-refractivity contribution is -0.160. The molecule has 1 unspecified atom stereocenters. The van der Waals surface area contributed by atoms with Crippen LogP contribution in [0.25, 0.3) is 0 Å². The fourth-order valence-electron chi connectivity index (χ4n) is 1.67. The Morgan fingerprint density at radius 3 is 2.33 bits per heavy atom. The summed E-state index contributed by atoms with van der Waals surface area (Å²) in [5, 5.41) is 0. The van der Waals surface area contributed by atoms with Crippen molar-refractivity contribution in [3.05, 3.63) is 0 Å². The van der Waals surface area contributed by atoms with Gasteiger partial charge in [0.1, 0.15) is 0 Å². The Balaban J connectivity index is 2.55. The van der Waals surface area contributed by atoms with Crippen LogP contribution in [0.3, 0.4) is 0 Å². The number of rotatable bonds is 4. The number of carbonyl (C=O) groups is 2. The Bertz CT molecular complexity index is 216. The Morgan fingerprint density at radius 2 is 1.93 bits per heavy atom. The Kier molecular flexibility index (Phi) is 4.55. The van der Waals surface area contributed by atoms with Crippen LogP contribution >= 0.6 is 0 Å². The minimum Gasteiger partial charge on any atom is -0.468 e. The third-order valence-electron chi connectivity index (χ3n) is 2.49. The van der Waals surface area contributed by atoms with Crippen molar-refractivity contribution < 1.29 is 23.8 Å². The van der Waals surface area contributed by atoms with E-state index in [4.69, 9.17) is 4.74 Å². The van der Waals surface area contributed by atoms with Gasteiger partial charge in [-0.15, -0.1) is 0 Å². The van der Waals surface area contributed by atoms with Crippen LogP contribution < -0.4 is 0 Å². The minimum atomic E-state index is -0.858. The molecule has 1 atom stereocenters. The topological polar surface area (TPSA) is 61.8 Å². The first-order valence-corrected chi connectivity index (χ1v) is 4.96. The predicted octanol–water partition coefficient (Wildman–Crippen LogP) is 0.518. The highest BCUT2D eigenvalue weighted by atomic mass is 16.5. The van der Waals surface area contributed by atoms with Crippen LogP contribution in [0.2, 0.25) is 0 Å². The molecule has 0 amide bonds. The molecule has 1 aliphatic rings. The van der Waals surface area contributed by atoms with Crippen LogP contribution in [0.4, 0.5) is 0 Å². The molecule has 0 saturated carbocycles. The average molecular weight is 216 g/mol. The zero-order valence-electron chi connectivity index (χ0n) is 9.02. The summed E-state index contributed by atoms with van der Waals surface area (Å²) in [5.41, 5.74) is 0. The van der Waals surface area contributed by atoms with E-state index >= 15 is 0 Å². The molecule has 15 heavy (non-hydrogen) atoms. The molecule has 1 fully saturated rings. The van der Waals surface area contributed by atoms with E-state index in [1.165, 1.54) is 14.2 Å². The zero-order chi connectivity index (χ0) is 11.3. The van der Waals surface area contributed by atoms with E-state index in [0.29, 0.717) is 13.0 Å². The second-order valence-corrected chi connectivity index (χ2v) is 3.47. The van der Waals surface area contributed by atoms with Crippen LogP contribution in [-0.2, 0) is 23.8 Å². The predicted molar refractivity (Wildman–Crippen MR) is 51.1 cm³/mol. The van der Waals surface area contributed by atoms with Crippen molar-refractivity contribution in [3.8, 4) is 0 Å². The standard InChI is InChI=1S/C10H16O5/c1-13-9(11)8(10(12)14-2)6-7-4-3-5-15-7/h7-8H,3-6H2,1-2H3. The first-order valence-electron chi connectivity index (χ1n) is 4.96. The van der Waals surface area contributed by atoms with E-state index in [1.807, 2.05) is 0 Å². The Labute approximate surface area is 88.7 Å². The first kappa shape index (κ1) is 12.0. The van der Waals surface area contributed by atoms with Crippen LogP contribution in [-0.4, -0.2) is 38.9 Å². The average Bonchev–Trinajstić information content (AvgIpc) is 2.76. The van der Waals surface area contributed by atoms with Gasteiger partial charge in [-0.05, 0) is 19.3 Å². The maximum absolute atomic E-state index is 11.3. The van der Waals surface area contributed by atoms with Gasteiger partial charge in [0.25, 0.3) is 0 Å². The van der Waals surface area contributed by atoms with Crippen LogP contribution in [0, 0.1) is 5.92 Å². The van der Waals surface area contributed by atoms with Gasteiger partial charge in [0.05, 0.1) is 20.3 Å². The molecule has 0 spiro atoms. The number of methoxy groups -OCH3 is 2. The monoisotopic (exact) mass is 216 g/mol. The summed E-state index contributed by atoms with van der Waals surface area (Å²) in [4.78, 5) is 22.6. The third kappa shape index (κ3) is 3.20. The lowest BCUT2D eigenvalue weighted by atomic mass is 10.00. The largest absolute Gasteiger partial charge is 0.468 e. The quantitative estimate of drug-likeness (QED) is 0.506. The smallest absolute Gasteiger partial charge is 0.320 e. The summed E-state index contributed by atoms with van der Waals surface area (Å²) in [6.45, 7) is 0.694. The maximum atomic E-state index is 11.3. The Hall–Kier alpha value is -1.10. The number of hydrogen-bond acceptors (Lipinski definition) is 5. The van der Waals surface area contributed by atoms with E-state index in [-0.39, 0.29) is 6.10 Å². The molecule has 0 radical (unpaired) electrons. The van der Waals surface area contributed by atoms with Gasteiger partial charge in [-0.2, -0.15) is 0 Å². The molecule has 0 N–H and O–H groups in total. The van der Waals surface area contributed by atoms with E-state index in [1.54, 1.807) is 0 Å². The summed E-state index contributed by atoms with van der Waals surface area (Å²) >= 11 is 0. The van der Waals surface area contributed by atoms with E-state index in [9.17, 15) is 9.59 Å². The van der Waals surface area contributed by atoms with Crippen molar-refractivity contribution in [2.75, 3.05) is 20.8 Å². The highest BCUT2D eigenvalue weighted by molar-refractivity contribution is 5.94. The van der Waals surface area contributed by atoms with Crippen molar-refractivity contribution in [2.45, 2.75) is 25.4 Å². The van der Waals surface area contributed by atoms with E-state index < -0.39 is 17.9 Å². The summed E-state index contributed by atoms with van der Waals surface area (Å²) in [7, 11) is 2.52. The molecule has 0 aromatic heterocycles. The highest BCUT2D eigenvalue weighted by Gasteiger charge is 2.32. The second-order valence-electron chi connectivity index (χ2n) is 3.47. The number of ether oxygens (including phenoxy) is 3. The number of hydrogen-bond donors (Lipinski definition) is 0. The van der Waals surface area contributed by atoms with Gasteiger partial charge in [-0.25, -0.2) is 0 Å². The van der Waals surface area contributed by atoms with Crippen molar-refractivity contribution >= 4 is 11.9 Å². The first-order chi connectivity index (χ1) is 7.19. The molecule has 0 aromatic rings. The fourth-order valence-corrected chi connectivity index (χ4v) is 1.67. The minimum absolute atomic E-state index is 0.0341. The van der Waals surface area contributed by atoms with Crippen LogP contribution in [0.15, 0.2) is 0 Å². The highest BCUT2D eigenvalue weighted by Crippen LogP contribution is 2.21. The summed E-state index contributed by atoms with van der Waals surface area (Å²) in [5.74, 6) is -1.97. The van der Waals surface area contributed by atoms with Gasteiger partial charge >= 0.3 is 11.9 Å². The van der Waals surface area contributed by atoms with Gasteiger partial charge in [0.15, 0.2) is 5.92 Å². The summed E-state index contributed by atoms with van der Waals surface area (Å²) in [6.07, 6.45) is 2.16. The van der Waals surface area contributed by atoms with Gasteiger partial charge in [-0.3, -0.25) is 9.59 Å². The van der Waals surface area contributed by atoms with Crippen molar-refractivity contribution in [1.29, 1.82) is 0 Å². The molecule has 5 heteroatoms. The van der Waals surface area contributed by atoms with Crippen molar-refractivity contribution in [3.63, 3.8) is 0 Å². The molecule has 0 aromatic carbocycles. The lowest BCUT2D eigenvalue weighted by Gasteiger charge is -2.15. The van der Waals surface area contributed by atoms with Crippen LogP contribution in [0.1, 0.15) is 19.3 Å². The molecule has 86 valence electrons. The van der Waals surface area contributed by atoms with Crippen molar-refractivity contribution in [2.24, 2.45) is 5.92 Å². The second kappa shape index (κ2) is 5.70. The lowest BCUT2D eigenvalue weighted by Crippen LogP contribution is -2.30. The van der Waals surface area contributed by atoms with E-state index in [0.717, 1.165) is 12.8 Å². The summed E-state index contributed by atoms with van der Waals surface area (Å²) in [6, 6.07) is 0. The molecule has 1 saturated heterocycles. The van der Waals surface area contributed by atoms with Gasteiger partial charge in [0, 0.05) is 6.61 Å². The van der Waals surface area contributed by atoms with Crippen molar-refractivity contribution in [1.82, 2.24) is 0 Å². The number of carbonyl (C=O) groups excluding carboxylic acids is 2. The molecule has 1 rings (SSSR count). The molecular formula is C10H16O5. The molecule has 1 heterocycles. The maximum Gasteiger partial charge on any atom is 0.320 e. The summed E-state index contributed by atoms with van der Waals surface area (Å²) < 4.78 is 14.5. The van der Waals surface area contributed by atoms with Gasteiger partial charge < -0.3 is 14.2 Å². The molecule has 0 aliphatic carbocycles. The molecular weight excluding hydrogens is 200 g/mol. The van der Waals surface area contributed by atoms with E-state index in [2.05, 4.69) is 9.47 Å². The molecule has 0 bridgehead atoms. The number of esters is 2. The van der Waals surface area contributed by atoms with Gasteiger partial charge in [0.2, 0.25) is 0 Å². The SMILES string of the molecule is COC(=O)C(CC1CCCO1)C(=O)OC. The fraction of sp³-hybridized carbons (Fsp3) is 0.800. The molecule has 1 aliphatic heterocycles. The van der Waals surface area contributed by atoms with Gasteiger partial charge in [-0.1, -0.05) is 0 Å². The van der Waals surface area contributed by atoms with Crippen LogP contribution in [0.5, 0.6) is 0 Å².